The first-order chi connectivity index (χ1) is 48.6. The largest absolute Gasteiger partial charge is 0.354 e. The average Bonchev–Trinajstić information content (AvgIpc) is 1.57. The number of aromatic amines is 4. The van der Waals surface area contributed by atoms with Crippen LogP contribution in [-0.2, 0) is 0 Å². The van der Waals surface area contributed by atoms with E-state index in [-0.39, 0.29) is 0 Å². The van der Waals surface area contributed by atoms with Crippen molar-refractivity contribution in [1.82, 2.24) is 49.8 Å². The van der Waals surface area contributed by atoms with E-state index >= 15 is 0 Å². The predicted molar refractivity (Wildman–Crippen MR) is 403 cm³/mol. The molecule has 0 saturated heterocycles. The first-order valence-corrected chi connectivity index (χ1v) is 32.9. The van der Waals surface area contributed by atoms with E-state index in [9.17, 15) is 0 Å². The zero-order valence-electron chi connectivity index (χ0n) is 52.7. The standard InChI is InChI=1S/C88H56N10/c1-9-25-53(26-10-1)73-61-41-42-62(89-61)74(54-27-11-2-12-28-54)66-46-50-70(92-66)78(58-35-19-6-20-36-58)82-86-85(81(95-82)77(57-33-17-5-18-34-57)69-49-45-65(73)91-69)97-87-83-79(59-37-21-7-22-38-59)71-51-47-67(93-71)75(55-29-13-3-14-30-55)63-43-44-64(90-63)76(56-31-15-4-16-32-56)68-48-52-72(94-68)80(60-39-23-8-24-40-60)84(96-83)88(87)98-86/h1-52,89,93-95H. The molecule has 0 aliphatic carbocycles. The van der Waals surface area contributed by atoms with Crippen molar-refractivity contribution in [2.45, 2.75) is 0 Å². The van der Waals surface area contributed by atoms with Gasteiger partial charge < -0.3 is 19.9 Å². The van der Waals surface area contributed by atoms with Crippen LogP contribution < -0.4 is 0 Å². The molecule has 0 atom stereocenters. The fourth-order valence-corrected chi connectivity index (χ4v) is 14.6. The number of nitrogens with one attached hydrogen (secondary N) is 4. The van der Waals surface area contributed by atoms with Gasteiger partial charge in [-0.05, 0) is 117 Å². The van der Waals surface area contributed by atoms with E-state index in [0.717, 1.165) is 167 Å². The molecule has 458 valence electrons. The van der Waals surface area contributed by atoms with Crippen molar-refractivity contribution < 1.29 is 0 Å². The normalized spacial score (nSPS) is 12.2. The van der Waals surface area contributed by atoms with Crippen LogP contribution in [0.5, 0.6) is 0 Å². The molecular weight excluding hydrogens is 1200 g/mol. The Bertz CT molecular complexity index is 5800. The second-order valence-electron chi connectivity index (χ2n) is 24.7. The van der Waals surface area contributed by atoms with Crippen molar-refractivity contribution in [1.29, 1.82) is 0 Å². The molecule has 15 aromatic rings. The molecule has 0 spiro atoms. The van der Waals surface area contributed by atoms with Gasteiger partial charge in [0.1, 0.15) is 33.8 Å². The summed E-state index contributed by atoms with van der Waals surface area (Å²) < 4.78 is 0. The minimum absolute atomic E-state index is 0.609. The lowest BCUT2D eigenvalue weighted by atomic mass is 9.99. The lowest BCUT2D eigenvalue weighted by Crippen LogP contribution is -1.93. The maximum atomic E-state index is 6.17. The summed E-state index contributed by atoms with van der Waals surface area (Å²) in [4.78, 5) is 51.5. The number of rotatable bonds is 8. The van der Waals surface area contributed by atoms with Crippen molar-refractivity contribution >= 4 is 91.6 Å². The van der Waals surface area contributed by atoms with E-state index in [1.54, 1.807) is 0 Å². The number of nitrogens with zero attached hydrogens (tertiary/aromatic N) is 6. The smallest absolute Gasteiger partial charge is 0.118 e. The predicted octanol–water partition coefficient (Wildman–Crippen LogP) is 22.1. The molecule has 98 heavy (non-hydrogen) atoms. The van der Waals surface area contributed by atoms with Crippen molar-refractivity contribution in [3.8, 4) is 112 Å². The third-order valence-electron chi connectivity index (χ3n) is 18.9. The molecule has 19 rings (SSSR count). The summed E-state index contributed by atoms with van der Waals surface area (Å²) in [6.07, 6.45) is 12.8. The van der Waals surface area contributed by atoms with Crippen LogP contribution in [0.3, 0.4) is 0 Å². The van der Waals surface area contributed by atoms with Crippen LogP contribution in [-0.4, -0.2) is 49.8 Å². The van der Waals surface area contributed by atoms with Crippen LogP contribution in [0.1, 0.15) is 34.2 Å². The first kappa shape index (κ1) is 56.1. The van der Waals surface area contributed by atoms with Gasteiger partial charge in [-0.3, -0.25) is 0 Å². The van der Waals surface area contributed by atoms with Crippen LogP contribution in [0.2, 0.25) is 0 Å². The van der Waals surface area contributed by atoms with Crippen LogP contribution >= 0.6 is 0 Å². The molecule has 4 aliphatic heterocycles. The molecule has 0 fully saturated rings. The fourth-order valence-electron chi connectivity index (χ4n) is 14.6. The Morgan fingerprint density at radius 3 is 0.612 bits per heavy atom. The summed E-state index contributed by atoms with van der Waals surface area (Å²) in [5, 5.41) is 0. The van der Waals surface area contributed by atoms with E-state index in [4.69, 9.17) is 29.9 Å². The van der Waals surface area contributed by atoms with E-state index < -0.39 is 0 Å². The van der Waals surface area contributed by atoms with Gasteiger partial charge in [-0.1, -0.05) is 243 Å². The topological polar surface area (TPSA) is 140 Å². The monoisotopic (exact) mass is 1250 g/mol. The third-order valence-corrected chi connectivity index (χ3v) is 18.9. The average molecular weight is 1250 g/mol. The zero-order chi connectivity index (χ0) is 64.6. The van der Waals surface area contributed by atoms with E-state index in [1.807, 2.05) is 0 Å². The van der Waals surface area contributed by atoms with Gasteiger partial charge in [-0.15, -0.1) is 0 Å². The quantitative estimate of drug-likeness (QED) is 0.119. The number of hydrogen-bond donors (Lipinski definition) is 4. The van der Waals surface area contributed by atoms with Crippen molar-refractivity contribution in [3.63, 3.8) is 0 Å². The molecule has 7 aromatic heterocycles. The first-order valence-electron chi connectivity index (χ1n) is 32.9. The minimum atomic E-state index is 0.609. The van der Waals surface area contributed by atoms with Gasteiger partial charge in [-0.25, -0.2) is 29.9 Å². The highest BCUT2D eigenvalue weighted by molar-refractivity contribution is 6.16. The number of fused-ring (bicyclic) bond motifs is 22. The highest BCUT2D eigenvalue weighted by Gasteiger charge is 2.32. The van der Waals surface area contributed by atoms with E-state index in [2.05, 4.69) is 335 Å². The number of benzene rings is 8. The van der Waals surface area contributed by atoms with Crippen molar-refractivity contribution in [2.75, 3.05) is 0 Å². The van der Waals surface area contributed by atoms with Crippen molar-refractivity contribution in [3.05, 3.63) is 313 Å². The Morgan fingerprint density at radius 1 is 0.163 bits per heavy atom. The molecule has 10 heteroatoms. The Morgan fingerprint density at radius 2 is 0.367 bits per heavy atom. The van der Waals surface area contributed by atoms with Gasteiger partial charge in [0.25, 0.3) is 0 Å². The van der Waals surface area contributed by atoms with E-state index in [0.29, 0.717) is 33.8 Å². The molecule has 0 amide bonds. The molecular formula is C88H56N10. The third kappa shape index (κ3) is 9.49. The summed E-state index contributed by atoms with van der Waals surface area (Å²) in [5.41, 5.74) is 30.4. The molecule has 0 unspecified atom stereocenters. The minimum Gasteiger partial charge on any atom is -0.354 e. The Balaban J connectivity index is 1.04. The second-order valence-corrected chi connectivity index (χ2v) is 24.7. The molecule has 16 bridgehead atoms. The molecule has 0 radical (unpaired) electrons. The van der Waals surface area contributed by atoms with Gasteiger partial charge in [0, 0.05) is 77.6 Å². The highest BCUT2D eigenvalue weighted by Crippen LogP contribution is 2.49. The molecule has 0 saturated carbocycles. The summed E-state index contributed by atoms with van der Waals surface area (Å²) in [7, 11) is 0. The van der Waals surface area contributed by atoms with E-state index in [1.165, 1.54) is 0 Å². The lowest BCUT2D eigenvalue weighted by molar-refractivity contribution is 1.31. The number of H-pyrrole nitrogens is 4. The number of hydrogen-bond acceptors (Lipinski definition) is 6. The summed E-state index contributed by atoms with van der Waals surface area (Å²) in [5.74, 6) is 0. The molecule has 10 nitrogen and oxygen atoms in total. The maximum absolute atomic E-state index is 6.17. The van der Waals surface area contributed by atoms with Gasteiger partial charge >= 0.3 is 0 Å². The Hall–Kier alpha value is -13.4. The van der Waals surface area contributed by atoms with Gasteiger partial charge in [0.15, 0.2) is 0 Å². The van der Waals surface area contributed by atoms with Crippen LogP contribution in [0.25, 0.3) is 203 Å². The fraction of sp³-hybridized carbons (Fsp3) is 0. The van der Waals surface area contributed by atoms with Gasteiger partial charge in [-0.2, -0.15) is 0 Å². The maximum Gasteiger partial charge on any atom is 0.118 e. The molecule has 8 aromatic carbocycles. The second kappa shape index (κ2) is 23.2. The van der Waals surface area contributed by atoms with Crippen LogP contribution in [0.4, 0.5) is 0 Å². The van der Waals surface area contributed by atoms with Crippen LogP contribution in [0.15, 0.2) is 279 Å². The highest BCUT2D eigenvalue weighted by atomic mass is 15.0. The summed E-state index contributed by atoms with van der Waals surface area (Å²) in [6.45, 7) is 0. The molecule has 11 heterocycles. The van der Waals surface area contributed by atoms with Crippen molar-refractivity contribution in [2.24, 2.45) is 0 Å². The Kier molecular flexibility index (Phi) is 13.3. The SMILES string of the molecule is C1=Cc2nc1c(-c1ccccc1)c1ccc([nH]1)c(-c1ccccc1)c1nc(c(-c3ccccc3)c3[nH]c(c2-c2ccccc2)c2nc4c(nc32)-c2nc-4c(-c3ccccc3)c3ccc([nH]3)c(-c3ccccc3)c3nc(c(-c4ccccc4)c4ccc([nH]4)c2-c2ccccc2)C=C3)C=C1. The number of aromatic nitrogens is 10. The zero-order valence-corrected chi connectivity index (χ0v) is 52.7. The lowest BCUT2D eigenvalue weighted by Gasteiger charge is -2.08. The van der Waals surface area contributed by atoms with Gasteiger partial charge in [0.05, 0.1) is 45.2 Å². The van der Waals surface area contributed by atoms with Gasteiger partial charge in [0.2, 0.25) is 0 Å². The summed E-state index contributed by atoms with van der Waals surface area (Å²) in [6, 6.07) is 97.2. The molecule has 4 N–H and O–H groups in total. The van der Waals surface area contributed by atoms with Crippen LogP contribution in [0, 0.1) is 0 Å². The Labute approximate surface area is 563 Å². The summed E-state index contributed by atoms with van der Waals surface area (Å²) >= 11 is 0. The molecule has 4 aliphatic rings.